The van der Waals surface area contributed by atoms with Crippen LogP contribution in [0.5, 0.6) is 0 Å². The lowest BCUT2D eigenvalue weighted by molar-refractivity contribution is 0.604. The number of aromatic nitrogens is 2. The van der Waals surface area contributed by atoms with Gasteiger partial charge in [-0.05, 0) is 31.5 Å². The van der Waals surface area contributed by atoms with E-state index < -0.39 is 0 Å². The summed E-state index contributed by atoms with van der Waals surface area (Å²) in [6.45, 7) is 4.99. The lowest BCUT2D eigenvalue weighted by Gasteiger charge is -2.12. The third kappa shape index (κ3) is 3.01. The summed E-state index contributed by atoms with van der Waals surface area (Å²) in [5, 5.41) is 4.07. The Balaban J connectivity index is 2.05. The van der Waals surface area contributed by atoms with E-state index in [0.29, 0.717) is 6.04 Å². The van der Waals surface area contributed by atoms with Crippen LogP contribution in [0.4, 0.5) is 5.95 Å². The van der Waals surface area contributed by atoms with Gasteiger partial charge in [-0.2, -0.15) is 0 Å². The fourth-order valence-electron chi connectivity index (χ4n) is 1.69. The maximum Gasteiger partial charge on any atom is 0.203 e. The predicted molar refractivity (Wildman–Crippen MR) is 71.4 cm³/mol. The lowest BCUT2D eigenvalue weighted by Crippen LogP contribution is -2.08. The van der Waals surface area contributed by atoms with E-state index in [9.17, 15) is 0 Å². The molecule has 0 aliphatic heterocycles. The van der Waals surface area contributed by atoms with Crippen molar-refractivity contribution < 1.29 is 0 Å². The fraction of sp³-hybridized carbons (Fsp3) is 0.308. The molecule has 0 radical (unpaired) electrons. The molecule has 3 nitrogen and oxygen atoms in total. The van der Waals surface area contributed by atoms with Crippen LogP contribution in [0, 0.1) is 0 Å². The van der Waals surface area contributed by atoms with E-state index >= 15 is 0 Å². The number of nitrogens with zero attached hydrogens (tertiary/aromatic N) is 2. The van der Waals surface area contributed by atoms with E-state index in [0.717, 1.165) is 23.1 Å². The Bertz CT molecular complexity index is 491. The molecule has 0 spiro atoms. The molecule has 0 saturated heterocycles. The molecule has 1 N–H and O–H groups in total. The molecule has 0 atom stereocenters. The highest BCUT2D eigenvalue weighted by Crippen LogP contribution is 2.15. The first-order chi connectivity index (χ1) is 8.16. The van der Waals surface area contributed by atoms with Gasteiger partial charge in [-0.15, -0.1) is 0 Å². The molecule has 0 fully saturated rings. The Labute approximate surface area is 106 Å². The van der Waals surface area contributed by atoms with Crippen molar-refractivity contribution in [2.45, 2.75) is 26.4 Å². The van der Waals surface area contributed by atoms with Crippen molar-refractivity contribution in [2.24, 2.45) is 0 Å². The number of rotatable bonds is 4. The second-order valence-electron chi connectivity index (χ2n) is 4.24. The summed E-state index contributed by atoms with van der Waals surface area (Å²) in [6, 6.07) is 8.23. The Kier molecular flexibility index (Phi) is 3.69. The summed E-state index contributed by atoms with van der Waals surface area (Å²) in [7, 11) is 0. The highest BCUT2D eigenvalue weighted by Gasteiger charge is 2.04. The van der Waals surface area contributed by atoms with Crippen molar-refractivity contribution in [2.75, 3.05) is 5.32 Å². The molecule has 90 valence electrons. The van der Waals surface area contributed by atoms with Crippen molar-refractivity contribution in [3.05, 3.63) is 47.2 Å². The molecule has 1 aromatic carbocycles. The van der Waals surface area contributed by atoms with Gasteiger partial charge in [-0.25, -0.2) is 4.98 Å². The molecular formula is C13H16ClN3. The van der Waals surface area contributed by atoms with Gasteiger partial charge in [0, 0.05) is 30.0 Å². The molecule has 0 amide bonds. The molecule has 0 aliphatic rings. The van der Waals surface area contributed by atoms with Crippen molar-refractivity contribution in [1.82, 2.24) is 9.55 Å². The second kappa shape index (κ2) is 5.23. The van der Waals surface area contributed by atoms with Gasteiger partial charge in [0.15, 0.2) is 0 Å². The summed E-state index contributed by atoms with van der Waals surface area (Å²) in [5.74, 6) is 0.889. The predicted octanol–water partition coefficient (Wildman–Crippen LogP) is 3.73. The van der Waals surface area contributed by atoms with Crippen LogP contribution in [0.3, 0.4) is 0 Å². The summed E-state index contributed by atoms with van der Waals surface area (Å²) in [5.41, 5.74) is 1.15. The highest BCUT2D eigenvalue weighted by molar-refractivity contribution is 6.30. The van der Waals surface area contributed by atoms with Gasteiger partial charge in [0.2, 0.25) is 5.95 Å². The monoisotopic (exact) mass is 249 g/mol. The van der Waals surface area contributed by atoms with Gasteiger partial charge in [-0.3, -0.25) is 0 Å². The number of halogens is 1. The van der Waals surface area contributed by atoms with Gasteiger partial charge >= 0.3 is 0 Å². The summed E-state index contributed by atoms with van der Waals surface area (Å²) < 4.78 is 2.10. The Hall–Kier alpha value is -1.48. The van der Waals surface area contributed by atoms with Crippen molar-refractivity contribution in [3.8, 4) is 0 Å². The van der Waals surface area contributed by atoms with Crippen molar-refractivity contribution in [1.29, 1.82) is 0 Å². The molecule has 0 bridgehead atoms. The summed E-state index contributed by atoms with van der Waals surface area (Å²) in [4.78, 5) is 4.29. The van der Waals surface area contributed by atoms with E-state index in [1.807, 2.05) is 30.5 Å². The van der Waals surface area contributed by atoms with Crippen LogP contribution in [-0.2, 0) is 6.54 Å². The van der Waals surface area contributed by atoms with Crippen LogP contribution >= 0.6 is 11.6 Å². The maximum absolute atomic E-state index is 5.94. The van der Waals surface area contributed by atoms with Crippen LogP contribution in [0.25, 0.3) is 0 Å². The van der Waals surface area contributed by atoms with Gasteiger partial charge in [0.1, 0.15) is 0 Å². The number of imidazole rings is 1. The van der Waals surface area contributed by atoms with E-state index in [-0.39, 0.29) is 0 Å². The van der Waals surface area contributed by atoms with Crippen LogP contribution in [-0.4, -0.2) is 9.55 Å². The molecule has 1 aromatic heterocycles. The van der Waals surface area contributed by atoms with E-state index in [4.69, 9.17) is 11.6 Å². The summed E-state index contributed by atoms with van der Waals surface area (Å²) in [6.07, 6.45) is 3.78. The standard InChI is InChI=1S/C13H16ClN3/c1-10(2)17-7-6-15-13(17)16-9-11-4-3-5-12(14)8-11/h3-8,10H,9H2,1-2H3,(H,15,16). The first-order valence-electron chi connectivity index (χ1n) is 5.68. The minimum absolute atomic E-state index is 0.402. The molecule has 0 aliphatic carbocycles. The quantitative estimate of drug-likeness (QED) is 0.895. The SMILES string of the molecule is CC(C)n1ccnc1NCc1cccc(Cl)c1. The van der Waals surface area contributed by atoms with E-state index in [1.165, 1.54) is 0 Å². The zero-order valence-electron chi connectivity index (χ0n) is 10.0. The molecule has 1 heterocycles. The third-order valence-electron chi connectivity index (χ3n) is 2.56. The minimum Gasteiger partial charge on any atom is -0.352 e. The molecule has 17 heavy (non-hydrogen) atoms. The first-order valence-corrected chi connectivity index (χ1v) is 6.06. The molecule has 0 unspecified atom stereocenters. The van der Waals surface area contributed by atoms with E-state index in [1.54, 1.807) is 6.20 Å². The molecular weight excluding hydrogens is 234 g/mol. The lowest BCUT2D eigenvalue weighted by atomic mass is 10.2. The Morgan fingerprint density at radius 2 is 2.24 bits per heavy atom. The van der Waals surface area contributed by atoms with Crippen molar-refractivity contribution >= 4 is 17.5 Å². The topological polar surface area (TPSA) is 29.9 Å². The van der Waals surface area contributed by atoms with Crippen molar-refractivity contribution in [3.63, 3.8) is 0 Å². The first kappa shape index (κ1) is 12.0. The average Bonchev–Trinajstić information content (AvgIpc) is 2.74. The Morgan fingerprint density at radius 3 is 2.94 bits per heavy atom. The number of hydrogen-bond acceptors (Lipinski definition) is 2. The third-order valence-corrected chi connectivity index (χ3v) is 2.80. The van der Waals surface area contributed by atoms with Crippen LogP contribution in [0.15, 0.2) is 36.7 Å². The minimum atomic E-state index is 0.402. The zero-order valence-corrected chi connectivity index (χ0v) is 10.8. The number of benzene rings is 1. The van der Waals surface area contributed by atoms with Gasteiger partial charge in [0.25, 0.3) is 0 Å². The number of anilines is 1. The second-order valence-corrected chi connectivity index (χ2v) is 4.67. The average molecular weight is 250 g/mol. The van der Waals surface area contributed by atoms with Crippen LogP contribution in [0.2, 0.25) is 5.02 Å². The fourth-order valence-corrected chi connectivity index (χ4v) is 1.91. The Morgan fingerprint density at radius 1 is 1.41 bits per heavy atom. The molecule has 2 rings (SSSR count). The smallest absolute Gasteiger partial charge is 0.203 e. The molecule has 0 saturated carbocycles. The summed E-state index contributed by atoms with van der Waals surface area (Å²) >= 11 is 5.94. The van der Waals surface area contributed by atoms with Gasteiger partial charge < -0.3 is 9.88 Å². The van der Waals surface area contributed by atoms with Crippen LogP contribution in [0.1, 0.15) is 25.5 Å². The highest BCUT2D eigenvalue weighted by atomic mass is 35.5. The zero-order chi connectivity index (χ0) is 12.3. The van der Waals surface area contributed by atoms with E-state index in [2.05, 4.69) is 28.7 Å². The van der Waals surface area contributed by atoms with Gasteiger partial charge in [0.05, 0.1) is 0 Å². The number of hydrogen-bond donors (Lipinski definition) is 1. The van der Waals surface area contributed by atoms with Gasteiger partial charge in [-0.1, -0.05) is 23.7 Å². The maximum atomic E-state index is 5.94. The van der Waals surface area contributed by atoms with Crippen LogP contribution < -0.4 is 5.32 Å². The largest absolute Gasteiger partial charge is 0.352 e. The number of nitrogens with one attached hydrogen (secondary N) is 1. The normalized spacial score (nSPS) is 10.8. The molecule has 4 heteroatoms. The molecule has 2 aromatic rings.